The number of aryl methyl sites for hydroxylation is 1. The fraction of sp³-hybridized carbons (Fsp3) is 0.188. The lowest BCUT2D eigenvalue weighted by molar-refractivity contribution is 0.0520. The van der Waals surface area contributed by atoms with Gasteiger partial charge in [0.15, 0.2) is 5.58 Å². The first-order valence-electron chi connectivity index (χ1n) is 6.54. The van der Waals surface area contributed by atoms with Gasteiger partial charge in [-0.05, 0) is 13.8 Å². The molecule has 20 heavy (non-hydrogen) atoms. The zero-order chi connectivity index (χ0) is 14.1. The Morgan fingerprint density at radius 2 is 2.00 bits per heavy atom. The van der Waals surface area contributed by atoms with Crippen LogP contribution in [0.1, 0.15) is 23.0 Å². The minimum Gasteiger partial charge on any atom is -0.461 e. The summed E-state index contributed by atoms with van der Waals surface area (Å²) in [6.07, 6.45) is 0. The molecule has 0 saturated carbocycles. The smallest absolute Gasteiger partial charge is 0.354 e. The van der Waals surface area contributed by atoms with E-state index < -0.39 is 0 Å². The number of carbonyl (C=O) groups is 1. The molecule has 0 fully saturated rings. The molecule has 0 saturated heterocycles. The molecule has 4 nitrogen and oxygen atoms in total. The van der Waals surface area contributed by atoms with E-state index in [0.717, 1.165) is 16.8 Å². The van der Waals surface area contributed by atoms with Crippen LogP contribution in [-0.2, 0) is 4.74 Å². The quantitative estimate of drug-likeness (QED) is 0.733. The van der Waals surface area contributed by atoms with Gasteiger partial charge in [0.2, 0.25) is 0 Å². The summed E-state index contributed by atoms with van der Waals surface area (Å²) in [6, 6.07) is 11.7. The van der Waals surface area contributed by atoms with E-state index in [1.54, 1.807) is 13.0 Å². The largest absolute Gasteiger partial charge is 0.461 e. The molecule has 2 heterocycles. The average molecular weight is 269 g/mol. The number of rotatable bonds is 3. The van der Waals surface area contributed by atoms with Crippen LogP contribution in [0.3, 0.4) is 0 Å². The van der Waals surface area contributed by atoms with Crippen molar-refractivity contribution in [1.82, 2.24) is 4.98 Å². The highest BCUT2D eigenvalue weighted by atomic mass is 16.5. The van der Waals surface area contributed by atoms with Crippen molar-refractivity contribution in [2.45, 2.75) is 13.8 Å². The zero-order valence-electron chi connectivity index (χ0n) is 11.4. The number of H-pyrrole nitrogens is 1. The maximum Gasteiger partial charge on any atom is 0.354 e. The zero-order valence-corrected chi connectivity index (χ0v) is 11.4. The molecule has 0 amide bonds. The van der Waals surface area contributed by atoms with Gasteiger partial charge in [-0.15, -0.1) is 0 Å². The number of esters is 1. The van der Waals surface area contributed by atoms with Crippen LogP contribution in [-0.4, -0.2) is 17.6 Å². The van der Waals surface area contributed by atoms with Crippen molar-refractivity contribution in [3.05, 3.63) is 47.7 Å². The molecular formula is C16H15NO3. The number of fused-ring (bicyclic) bond motifs is 1. The maximum atomic E-state index is 11.6. The van der Waals surface area contributed by atoms with Gasteiger partial charge in [-0.3, -0.25) is 0 Å². The number of hydrogen-bond donors (Lipinski definition) is 1. The Hall–Kier alpha value is -2.49. The number of nitrogens with one attached hydrogen (secondary N) is 1. The lowest BCUT2D eigenvalue weighted by atomic mass is 10.1. The van der Waals surface area contributed by atoms with Gasteiger partial charge in [0.25, 0.3) is 0 Å². The molecule has 2 aromatic heterocycles. The van der Waals surface area contributed by atoms with Gasteiger partial charge in [-0.1, -0.05) is 29.8 Å². The van der Waals surface area contributed by atoms with Gasteiger partial charge >= 0.3 is 5.97 Å². The summed E-state index contributed by atoms with van der Waals surface area (Å²) in [5.74, 6) is 0.414. The molecule has 1 N–H and O–H groups in total. The van der Waals surface area contributed by atoms with Crippen LogP contribution in [0.15, 0.2) is 40.8 Å². The maximum absolute atomic E-state index is 11.6. The summed E-state index contributed by atoms with van der Waals surface area (Å²) in [5.41, 5.74) is 4.08. The number of hydrogen-bond acceptors (Lipinski definition) is 3. The standard InChI is InChI=1S/C16H15NO3/c1-3-19-16(18)13-9-15-12(17-13)8-14(20-15)11-6-4-10(2)5-7-11/h4-9,17H,3H2,1-2H3. The van der Waals surface area contributed by atoms with Crippen LogP contribution in [0, 0.1) is 6.92 Å². The van der Waals surface area contributed by atoms with Gasteiger partial charge in [-0.2, -0.15) is 0 Å². The van der Waals surface area contributed by atoms with E-state index in [2.05, 4.69) is 4.98 Å². The molecule has 0 spiro atoms. The third kappa shape index (κ3) is 2.20. The monoisotopic (exact) mass is 269 g/mol. The van der Waals surface area contributed by atoms with Gasteiger partial charge < -0.3 is 14.1 Å². The van der Waals surface area contributed by atoms with E-state index in [9.17, 15) is 4.79 Å². The van der Waals surface area contributed by atoms with Crippen LogP contribution >= 0.6 is 0 Å². The lowest BCUT2D eigenvalue weighted by Crippen LogP contribution is -2.04. The molecule has 0 bridgehead atoms. The van der Waals surface area contributed by atoms with Crippen LogP contribution in [0.4, 0.5) is 0 Å². The number of carbonyl (C=O) groups excluding carboxylic acids is 1. The highest BCUT2D eigenvalue weighted by Gasteiger charge is 2.14. The number of benzene rings is 1. The van der Waals surface area contributed by atoms with Gasteiger partial charge in [0.05, 0.1) is 12.1 Å². The fourth-order valence-corrected chi connectivity index (χ4v) is 2.10. The highest BCUT2D eigenvalue weighted by molar-refractivity contribution is 5.94. The minimum absolute atomic E-state index is 0.355. The predicted molar refractivity (Wildman–Crippen MR) is 76.7 cm³/mol. The molecule has 0 aliphatic rings. The Balaban J connectivity index is 1.94. The Labute approximate surface area is 116 Å². The second-order valence-corrected chi connectivity index (χ2v) is 4.66. The summed E-state index contributed by atoms with van der Waals surface area (Å²) in [7, 11) is 0. The van der Waals surface area contributed by atoms with E-state index in [1.807, 2.05) is 37.3 Å². The molecule has 4 heteroatoms. The first-order valence-corrected chi connectivity index (χ1v) is 6.54. The normalized spacial score (nSPS) is 10.9. The first-order chi connectivity index (χ1) is 9.67. The van der Waals surface area contributed by atoms with Crippen molar-refractivity contribution < 1.29 is 13.9 Å². The van der Waals surface area contributed by atoms with Gasteiger partial charge in [0.1, 0.15) is 11.5 Å². The number of furan rings is 1. The van der Waals surface area contributed by atoms with E-state index >= 15 is 0 Å². The molecule has 3 aromatic rings. The molecule has 3 rings (SSSR count). The van der Waals surface area contributed by atoms with Crippen molar-refractivity contribution in [1.29, 1.82) is 0 Å². The molecule has 0 aliphatic heterocycles. The molecule has 0 atom stereocenters. The molecule has 102 valence electrons. The van der Waals surface area contributed by atoms with E-state index in [-0.39, 0.29) is 5.97 Å². The van der Waals surface area contributed by atoms with Crippen molar-refractivity contribution in [2.75, 3.05) is 6.61 Å². The topological polar surface area (TPSA) is 55.2 Å². The second kappa shape index (κ2) is 4.89. The highest BCUT2D eigenvalue weighted by Crippen LogP contribution is 2.28. The number of ether oxygens (including phenoxy) is 1. The molecule has 0 unspecified atom stereocenters. The average Bonchev–Trinajstić information content (AvgIpc) is 2.98. The summed E-state index contributed by atoms with van der Waals surface area (Å²) in [4.78, 5) is 14.6. The van der Waals surface area contributed by atoms with E-state index in [0.29, 0.717) is 17.9 Å². The lowest BCUT2D eigenvalue weighted by Gasteiger charge is -1.98. The van der Waals surface area contributed by atoms with Gasteiger partial charge in [0, 0.05) is 17.7 Å². The summed E-state index contributed by atoms with van der Waals surface area (Å²) < 4.78 is 10.7. The third-order valence-corrected chi connectivity index (χ3v) is 3.14. The third-order valence-electron chi connectivity index (χ3n) is 3.14. The number of aromatic amines is 1. The van der Waals surface area contributed by atoms with Crippen LogP contribution in [0.25, 0.3) is 22.4 Å². The summed E-state index contributed by atoms with van der Waals surface area (Å²) in [6.45, 7) is 4.18. The summed E-state index contributed by atoms with van der Waals surface area (Å²) >= 11 is 0. The molecule has 0 aliphatic carbocycles. The van der Waals surface area contributed by atoms with Crippen molar-refractivity contribution in [2.24, 2.45) is 0 Å². The van der Waals surface area contributed by atoms with Crippen molar-refractivity contribution >= 4 is 17.1 Å². The number of aromatic nitrogens is 1. The van der Waals surface area contributed by atoms with E-state index in [1.165, 1.54) is 5.56 Å². The Kier molecular flexibility index (Phi) is 3.06. The summed E-state index contributed by atoms with van der Waals surface area (Å²) in [5, 5.41) is 0. The minimum atomic E-state index is -0.365. The Bertz CT molecular complexity index is 718. The van der Waals surface area contributed by atoms with E-state index in [4.69, 9.17) is 9.15 Å². The van der Waals surface area contributed by atoms with Crippen molar-refractivity contribution in [3.63, 3.8) is 0 Å². The van der Waals surface area contributed by atoms with Crippen molar-refractivity contribution in [3.8, 4) is 11.3 Å². The van der Waals surface area contributed by atoms with Gasteiger partial charge in [-0.25, -0.2) is 4.79 Å². The molecular weight excluding hydrogens is 254 g/mol. The van der Waals surface area contributed by atoms with Crippen LogP contribution in [0.5, 0.6) is 0 Å². The SMILES string of the molecule is CCOC(=O)c1cc2oc(-c3ccc(C)cc3)cc2[nH]1. The van der Waals surface area contributed by atoms with Crippen LogP contribution < -0.4 is 0 Å². The van der Waals surface area contributed by atoms with Crippen LogP contribution in [0.2, 0.25) is 0 Å². The molecule has 0 radical (unpaired) electrons. The first kappa shape index (κ1) is 12.5. The second-order valence-electron chi connectivity index (χ2n) is 4.66. The fourth-order valence-electron chi connectivity index (χ4n) is 2.10. The molecule has 1 aromatic carbocycles. The Morgan fingerprint density at radius 3 is 2.65 bits per heavy atom. The predicted octanol–water partition coefficient (Wildman–Crippen LogP) is 3.91. The Morgan fingerprint density at radius 1 is 1.25 bits per heavy atom.